The Balaban J connectivity index is 2.13. The Morgan fingerprint density at radius 3 is 2.53 bits per heavy atom. The fraction of sp³-hybridized carbons (Fsp3) is 0.600. The van der Waals surface area contributed by atoms with E-state index in [1.165, 1.54) is 17.5 Å². The fourth-order valence-corrected chi connectivity index (χ4v) is 2.54. The number of rotatable bonds is 4. The van der Waals surface area contributed by atoms with Crippen molar-refractivity contribution in [3.63, 3.8) is 0 Å². The third-order valence-corrected chi connectivity index (χ3v) is 3.50. The largest absolute Gasteiger partial charge is 0.373 e. The van der Waals surface area contributed by atoms with Crippen LogP contribution in [0.1, 0.15) is 43.9 Å². The molecule has 0 saturated carbocycles. The molecule has 1 saturated heterocycles. The van der Waals surface area contributed by atoms with Gasteiger partial charge < -0.3 is 10.1 Å². The third kappa shape index (κ3) is 3.08. The highest BCUT2D eigenvalue weighted by Gasteiger charge is 2.29. The number of ether oxygens (including phenoxy) is 1. The molecule has 0 bridgehead atoms. The first kappa shape index (κ1) is 12.6. The van der Waals surface area contributed by atoms with Crippen molar-refractivity contribution in [2.75, 3.05) is 6.54 Å². The van der Waals surface area contributed by atoms with Gasteiger partial charge in [-0.1, -0.05) is 36.8 Å². The monoisotopic (exact) mass is 233 g/mol. The Labute approximate surface area is 104 Å². The van der Waals surface area contributed by atoms with Gasteiger partial charge in [0, 0.05) is 0 Å². The average Bonchev–Trinajstić information content (AvgIpc) is 2.74. The van der Waals surface area contributed by atoms with Crippen LogP contribution in [0, 0.1) is 6.92 Å². The molecule has 94 valence electrons. The van der Waals surface area contributed by atoms with Gasteiger partial charge >= 0.3 is 0 Å². The van der Waals surface area contributed by atoms with Crippen molar-refractivity contribution in [2.24, 2.45) is 0 Å². The van der Waals surface area contributed by atoms with E-state index in [0.717, 1.165) is 13.0 Å². The van der Waals surface area contributed by atoms with E-state index in [9.17, 15) is 0 Å². The van der Waals surface area contributed by atoms with Crippen molar-refractivity contribution in [3.05, 3.63) is 35.4 Å². The van der Waals surface area contributed by atoms with Crippen molar-refractivity contribution in [1.82, 2.24) is 5.32 Å². The summed E-state index contributed by atoms with van der Waals surface area (Å²) in [7, 11) is 0. The number of nitrogens with one attached hydrogen (secondary N) is 1. The molecule has 0 amide bonds. The van der Waals surface area contributed by atoms with Crippen LogP contribution in [0.5, 0.6) is 0 Å². The molecule has 2 heteroatoms. The zero-order chi connectivity index (χ0) is 12.3. The van der Waals surface area contributed by atoms with Gasteiger partial charge in [0.25, 0.3) is 0 Å². The van der Waals surface area contributed by atoms with Crippen LogP contribution in [0.15, 0.2) is 24.3 Å². The molecule has 3 atom stereocenters. The third-order valence-electron chi connectivity index (χ3n) is 3.50. The molecule has 1 aromatic rings. The minimum absolute atomic E-state index is 0.327. The predicted molar refractivity (Wildman–Crippen MR) is 71.2 cm³/mol. The topological polar surface area (TPSA) is 21.3 Å². The molecular formula is C15H23NO. The SMILES string of the molecule is CCNC(c1ccc(C)cc1)C1CCC(C)O1. The van der Waals surface area contributed by atoms with Gasteiger partial charge in [-0.15, -0.1) is 0 Å². The first-order valence-corrected chi connectivity index (χ1v) is 6.66. The quantitative estimate of drug-likeness (QED) is 0.862. The number of aryl methyl sites for hydroxylation is 1. The molecule has 0 spiro atoms. The maximum atomic E-state index is 6.00. The molecule has 17 heavy (non-hydrogen) atoms. The summed E-state index contributed by atoms with van der Waals surface area (Å²) in [6, 6.07) is 9.13. The van der Waals surface area contributed by atoms with E-state index in [4.69, 9.17) is 4.74 Å². The number of hydrogen-bond acceptors (Lipinski definition) is 2. The van der Waals surface area contributed by atoms with Gasteiger partial charge in [0.1, 0.15) is 0 Å². The lowest BCUT2D eigenvalue weighted by Crippen LogP contribution is -2.32. The fourth-order valence-electron chi connectivity index (χ4n) is 2.54. The van der Waals surface area contributed by atoms with Crippen LogP contribution in [0.3, 0.4) is 0 Å². The number of likely N-dealkylation sites (N-methyl/N-ethyl adjacent to an activating group) is 1. The van der Waals surface area contributed by atoms with Gasteiger partial charge in [0.2, 0.25) is 0 Å². The molecular weight excluding hydrogens is 210 g/mol. The molecule has 1 heterocycles. The lowest BCUT2D eigenvalue weighted by atomic mass is 9.98. The van der Waals surface area contributed by atoms with Crippen molar-refractivity contribution in [3.8, 4) is 0 Å². The lowest BCUT2D eigenvalue weighted by Gasteiger charge is -2.25. The molecule has 2 rings (SSSR count). The summed E-state index contributed by atoms with van der Waals surface area (Å²) in [4.78, 5) is 0. The summed E-state index contributed by atoms with van der Waals surface area (Å²) in [5.41, 5.74) is 2.65. The zero-order valence-electron chi connectivity index (χ0n) is 11.1. The summed E-state index contributed by atoms with van der Waals surface area (Å²) in [5.74, 6) is 0. The van der Waals surface area contributed by atoms with Gasteiger partial charge in [-0.25, -0.2) is 0 Å². The summed E-state index contributed by atoms with van der Waals surface area (Å²) in [6.07, 6.45) is 3.07. The first-order valence-electron chi connectivity index (χ1n) is 6.66. The van der Waals surface area contributed by atoms with Crippen LogP contribution in [-0.2, 0) is 4.74 Å². The van der Waals surface area contributed by atoms with Gasteiger partial charge in [-0.3, -0.25) is 0 Å². The zero-order valence-corrected chi connectivity index (χ0v) is 11.1. The Morgan fingerprint density at radius 1 is 1.29 bits per heavy atom. The van der Waals surface area contributed by atoms with E-state index in [0.29, 0.717) is 18.2 Å². The molecule has 1 aliphatic rings. The van der Waals surface area contributed by atoms with Crippen molar-refractivity contribution >= 4 is 0 Å². The first-order chi connectivity index (χ1) is 8.20. The van der Waals surface area contributed by atoms with E-state index in [-0.39, 0.29) is 0 Å². The van der Waals surface area contributed by atoms with Crippen LogP contribution in [0.4, 0.5) is 0 Å². The molecule has 0 radical (unpaired) electrons. The smallest absolute Gasteiger partial charge is 0.0774 e. The molecule has 1 N–H and O–H groups in total. The lowest BCUT2D eigenvalue weighted by molar-refractivity contribution is 0.0319. The van der Waals surface area contributed by atoms with Gasteiger partial charge in [-0.2, -0.15) is 0 Å². The van der Waals surface area contributed by atoms with Crippen LogP contribution < -0.4 is 5.32 Å². The average molecular weight is 233 g/mol. The summed E-state index contributed by atoms with van der Waals surface area (Å²) in [5, 5.41) is 3.56. The molecule has 0 aliphatic carbocycles. The van der Waals surface area contributed by atoms with E-state index < -0.39 is 0 Å². The maximum Gasteiger partial charge on any atom is 0.0774 e. The Kier molecular flexibility index (Phi) is 4.19. The second kappa shape index (κ2) is 5.65. The van der Waals surface area contributed by atoms with Crippen LogP contribution >= 0.6 is 0 Å². The normalized spacial score (nSPS) is 26.1. The van der Waals surface area contributed by atoms with E-state index >= 15 is 0 Å². The van der Waals surface area contributed by atoms with Gasteiger partial charge in [0.15, 0.2) is 0 Å². The summed E-state index contributed by atoms with van der Waals surface area (Å²) in [6.45, 7) is 7.42. The van der Waals surface area contributed by atoms with Crippen molar-refractivity contribution in [1.29, 1.82) is 0 Å². The molecule has 1 aromatic carbocycles. The molecule has 1 fully saturated rings. The molecule has 1 aliphatic heterocycles. The van der Waals surface area contributed by atoms with Crippen molar-refractivity contribution in [2.45, 2.75) is 51.9 Å². The standard InChI is InChI=1S/C15H23NO/c1-4-16-15(14-10-7-12(3)17-14)13-8-5-11(2)6-9-13/h5-6,8-9,12,14-16H,4,7,10H2,1-3H3. The van der Waals surface area contributed by atoms with Crippen LogP contribution in [0.2, 0.25) is 0 Å². The van der Waals surface area contributed by atoms with Gasteiger partial charge in [0.05, 0.1) is 18.2 Å². The van der Waals surface area contributed by atoms with E-state index in [2.05, 4.69) is 50.4 Å². The highest BCUT2D eigenvalue weighted by atomic mass is 16.5. The minimum Gasteiger partial charge on any atom is -0.373 e. The Morgan fingerprint density at radius 2 is 2.00 bits per heavy atom. The van der Waals surface area contributed by atoms with Crippen molar-refractivity contribution < 1.29 is 4.74 Å². The Bertz CT molecular complexity index is 346. The maximum absolute atomic E-state index is 6.00. The predicted octanol–water partition coefficient (Wildman–Crippen LogP) is 3.21. The van der Waals surface area contributed by atoms with E-state index in [1.54, 1.807) is 0 Å². The van der Waals surface area contributed by atoms with E-state index in [1.807, 2.05) is 0 Å². The second-order valence-electron chi connectivity index (χ2n) is 5.01. The summed E-state index contributed by atoms with van der Waals surface area (Å²) < 4.78 is 6.00. The Hall–Kier alpha value is -0.860. The van der Waals surface area contributed by atoms with Crippen LogP contribution in [-0.4, -0.2) is 18.8 Å². The van der Waals surface area contributed by atoms with Gasteiger partial charge in [-0.05, 0) is 38.8 Å². The molecule has 3 unspecified atom stereocenters. The molecule has 0 aromatic heterocycles. The summed E-state index contributed by atoms with van der Waals surface area (Å²) >= 11 is 0. The minimum atomic E-state index is 0.327. The number of benzene rings is 1. The highest BCUT2D eigenvalue weighted by Crippen LogP contribution is 2.30. The number of hydrogen-bond donors (Lipinski definition) is 1. The second-order valence-corrected chi connectivity index (χ2v) is 5.01. The van der Waals surface area contributed by atoms with Crippen LogP contribution in [0.25, 0.3) is 0 Å². The molecule has 2 nitrogen and oxygen atoms in total. The highest BCUT2D eigenvalue weighted by molar-refractivity contribution is 5.25.